The zero-order chi connectivity index (χ0) is 10.6. The van der Waals surface area contributed by atoms with Gasteiger partial charge < -0.3 is 15.2 Å². The normalized spacial score (nSPS) is 22.6. The number of rotatable bonds is 4. The maximum absolute atomic E-state index is 7.11. The molecule has 82 valence electrons. The van der Waals surface area contributed by atoms with E-state index in [0.717, 1.165) is 12.5 Å². The minimum Gasteiger partial charge on any atom is -0.313 e. The molecule has 1 aliphatic heterocycles. The van der Waals surface area contributed by atoms with Crippen LogP contribution in [0.4, 0.5) is 0 Å². The molecule has 14 heavy (non-hydrogen) atoms. The van der Waals surface area contributed by atoms with Crippen LogP contribution in [0.25, 0.3) is 0 Å². The summed E-state index contributed by atoms with van der Waals surface area (Å²) in [6.07, 6.45) is 4.95. The van der Waals surface area contributed by atoms with E-state index in [9.17, 15) is 0 Å². The van der Waals surface area contributed by atoms with Gasteiger partial charge in [0.05, 0.1) is 0 Å². The Hall–Kier alpha value is -0.410. The number of hydrogen-bond acceptors (Lipinski definition) is 3. The first-order valence-electron chi connectivity index (χ1n) is 5.54. The quantitative estimate of drug-likeness (QED) is 0.691. The van der Waals surface area contributed by atoms with Crippen LogP contribution in [0.1, 0.15) is 26.2 Å². The second kappa shape index (κ2) is 5.47. The van der Waals surface area contributed by atoms with Gasteiger partial charge in [-0.2, -0.15) is 0 Å². The van der Waals surface area contributed by atoms with Crippen molar-refractivity contribution in [1.82, 2.24) is 9.80 Å². The fourth-order valence-corrected chi connectivity index (χ4v) is 2.10. The Balaban J connectivity index is 2.36. The maximum atomic E-state index is 7.11. The lowest BCUT2D eigenvalue weighted by Gasteiger charge is -2.38. The second-order valence-corrected chi connectivity index (χ2v) is 4.49. The van der Waals surface area contributed by atoms with Crippen molar-refractivity contribution in [1.29, 1.82) is 5.41 Å². The van der Waals surface area contributed by atoms with Crippen molar-refractivity contribution < 1.29 is 0 Å². The number of nitrogens with zero attached hydrogens (tertiary/aromatic N) is 2. The van der Waals surface area contributed by atoms with Crippen molar-refractivity contribution >= 4 is 6.21 Å². The second-order valence-electron chi connectivity index (χ2n) is 4.49. The van der Waals surface area contributed by atoms with E-state index in [4.69, 9.17) is 5.41 Å². The van der Waals surface area contributed by atoms with Crippen LogP contribution < -0.4 is 0 Å². The molecule has 0 aromatic heterocycles. The molecule has 0 radical (unpaired) electrons. The van der Waals surface area contributed by atoms with E-state index in [2.05, 4.69) is 30.8 Å². The summed E-state index contributed by atoms with van der Waals surface area (Å²) in [4.78, 5) is 4.84. The molecule has 1 atom stereocenters. The van der Waals surface area contributed by atoms with Crippen LogP contribution in [0.15, 0.2) is 0 Å². The zero-order valence-electron chi connectivity index (χ0n) is 9.66. The van der Waals surface area contributed by atoms with Gasteiger partial charge in [0.15, 0.2) is 0 Å². The summed E-state index contributed by atoms with van der Waals surface area (Å²) in [6, 6.07) is 1.24. The summed E-state index contributed by atoms with van der Waals surface area (Å²) >= 11 is 0. The molecule has 0 unspecified atom stereocenters. The van der Waals surface area contributed by atoms with Crippen molar-refractivity contribution in [3.63, 3.8) is 0 Å². The standard InChI is InChI=1S/C11H23N3/c1-10(4-7-12)14(3)11-5-8-13(2)9-6-11/h7,10-12H,4-6,8-9H2,1-3H3/t10-/m0/s1. The molecule has 1 N–H and O–H groups in total. The highest BCUT2D eigenvalue weighted by atomic mass is 15.2. The summed E-state index contributed by atoms with van der Waals surface area (Å²) in [5, 5.41) is 7.11. The maximum Gasteiger partial charge on any atom is 0.0119 e. The number of hydrogen-bond donors (Lipinski definition) is 1. The highest BCUT2D eigenvalue weighted by Crippen LogP contribution is 2.16. The fraction of sp³-hybridized carbons (Fsp3) is 0.909. The van der Waals surface area contributed by atoms with Crippen LogP contribution >= 0.6 is 0 Å². The van der Waals surface area contributed by atoms with Crippen LogP contribution in [0.2, 0.25) is 0 Å². The third-order valence-electron chi connectivity index (χ3n) is 3.42. The molecule has 1 heterocycles. The lowest BCUT2D eigenvalue weighted by Crippen LogP contribution is -2.45. The third-order valence-corrected chi connectivity index (χ3v) is 3.42. The summed E-state index contributed by atoms with van der Waals surface area (Å²) < 4.78 is 0. The minimum atomic E-state index is 0.515. The largest absolute Gasteiger partial charge is 0.313 e. The first kappa shape index (κ1) is 11.7. The SMILES string of the molecule is C[C@@H](CC=N)N(C)C1CCN(C)CC1. The summed E-state index contributed by atoms with van der Waals surface area (Å²) in [5.74, 6) is 0. The average Bonchev–Trinajstić information content (AvgIpc) is 2.18. The third kappa shape index (κ3) is 3.07. The van der Waals surface area contributed by atoms with Gasteiger partial charge in [-0.3, -0.25) is 0 Å². The van der Waals surface area contributed by atoms with Crippen LogP contribution in [-0.2, 0) is 0 Å². The lowest BCUT2D eigenvalue weighted by molar-refractivity contribution is 0.116. The summed E-state index contributed by atoms with van der Waals surface area (Å²) in [5.41, 5.74) is 0. The van der Waals surface area contributed by atoms with Gasteiger partial charge in [-0.1, -0.05) is 0 Å². The predicted molar refractivity (Wildman–Crippen MR) is 61.1 cm³/mol. The molecule has 3 heteroatoms. The highest BCUT2D eigenvalue weighted by molar-refractivity contribution is 5.53. The van der Waals surface area contributed by atoms with Gasteiger partial charge in [-0.15, -0.1) is 0 Å². The van der Waals surface area contributed by atoms with Gasteiger partial charge in [0.25, 0.3) is 0 Å². The Labute approximate surface area is 87.6 Å². The van der Waals surface area contributed by atoms with E-state index in [1.807, 2.05) is 0 Å². The van der Waals surface area contributed by atoms with Crippen molar-refractivity contribution in [2.45, 2.75) is 38.3 Å². The zero-order valence-corrected chi connectivity index (χ0v) is 9.66. The van der Waals surface area contributed by atoms with Crippen molar-refractivity contribution in [2.75, 3.05) is 27.2 Å². The van der Waals surface area contributed by atoms with Gasteiger partial charge in [0.1, 0.15) is 0 Å². The average molecular weight is 197 g/mol. The molecule has 3 nitrogen and oxygen atoms in total. The van der Waals surface area contributed by atoms with Crippen LogP contribution in [-0.4, -0.2) is 55.3 Å². The molecule has 0 amide bonds. The Morgan fingerprint density at radius 2 is 2.07 bits per heavy atom. The van der Waals surface area contributed by atoms with Crippen LogP contribution in [0.3, 0.4) is 0 Å². The molecule has 1 rings (SSSR count). The molecule has 0 spiro atoms. The smallest absolute Gasteiger partial charge is 0.0119 e. The van der Waals surface area contributed by atoms with Gasteiger partial charge >= 0.3 is 0 Å². The fourth-order valence-electron chi connectivity index (χ4n) is 2.10. The van der Waals surface area contributed by atoms with E-state index in [1.54, 1.807) is 0 Å². The van der Waals surface area contributed by atoms with Crippen molar-refractivity contribution in [3.05, 3.63) is 0 Å². The molecule has 1 saturated heterocycles. The molecular formula is C11H23N3. The molecule has 1 fully saturated rings. The minimum absolute atomic E-state index is 0.515. The van der Waals surface area contributed by atoms with E-state index < -0.39 is 0 Å². The first-order valence-corrected chi connectivity index (χ1v) is 5.54. The molecular weight excluding hydrogens is 174 g/mol. The van der Waals surface area contributed by atoms with Gasteiger partial charge in [-0.05, 0) is 59.6 Å². The van der Waals surface area contributed by atoms with E-state index in [1.165, 1.54) is 32.1 Å². The molecule has 0 aromatic rings. The topological polar surface area (TPSA) is 30.3 Å². The van der Waals surface area contributed by atoms with Crippen molar-refractivity contribution in [2.24, 2.45) is 0 Å². The monoisotopic (exact) mass is 197 g/mol. The number of nitrogens with one attached hydrogen (secondary N) is 1. The lowest BCUT2D eigenvalue weighted by atomic mass is 10.0. The first-order chi connectivity index (χ1) is 6.65. The van der Waals surface area contributed by atoms with Gasteiger partial charge in [-0.25, -0.2) is 0 Å². The Morgan fingerprint density at radius 3 is 2.57 bits per heavy atom. The van der Waals surface area contributed by atoms with E-state index >= 15 is 0 Å². The van der Waals surface area contributed by atoms with Gasteiger partial charge in [0.2, 0.25) is 0 Å². The molecule has 0 aliphatic carbocycles. The Bertz CT molecular complexity index is 173. The number of likely N-dealkylation sites (tertiary alicyclic amines) is 1. The molecule has 0 bridgehead atoms. The van der Waals surface area contributed by atoms with Crippen LogP contribution in [0, 0.1) is 5.41 Å². The Morgan fingerprint density at radius 1 is 1.50 bits per heavy atom. The van der Waals surface area contributed by atoms with Crippen molar-refractivity contribution in [3.8, 4) is 0 Å². The highest BCUT2D eigenvalue weighted by Gasteiger charge is 2.22. The summed E-state index contributed by atoms with van der Waals surface area (Å²) in [7, 11) is 4.39. The van der Waals surface area contributed by atoms with Gasteiger partial charge in [0, 0.05) is 12.1 Å². The van der Waals surface area contributed by atoms with E-state index in [0.29, 0.717) is 6.04 Å². The van der Waals surface area contributed by atoms with E-state index in [-0.39, 0.29) is 0 Å². The molecule has 0 aromatic carbocycles. The summed E-state index contributed by atoms with van der Waals surface area (Å²) in [6.45, 7) is 4.64. The molecule has 0 saturated carbocycles. The number of piperidine rings is 1. The van der Waals surface area contributed by atoms with Crippen LogP contribution in [0.5, 0.6) is 0 Å². The predicted octanol–water partition coefficient (Wildman–Crippen LogP) is 1.44. The molecule has 1 aliphatic rings. The Kier molecular flexibility index (Phi) is 4.55.